The lowest BCUT2D eigenvalue weighted by atomic mass is 10.4. The van der Waals surface area contributed by atoms with Crippen molar-refractivity contribution in [3.8, 4) is 0 Å². The molecule has 0 aliphatic rings. The fraction of sp³-hybridized carbons (Fsp3) is 0.750. The number of aryl methyl sites for hydroxylation is 2. The molecule has 1 heterocycles. The van der Waals surface area contributed by atoms with Crippen molar-refractivity contribution < 1.29 is 8.42 Å². The first-order valence-electron chi connectivity index (χ1n) is 6.68. The molecule has 6 nitrogen and oxygen atoms in total. The SMILES string of the molecule is CCNCCCn1nc(C)c(S(=O)(=O)NCC)c1C. The third-order valence-corrected chi connectivity index (χ3v) is 4.69. The maximum absolute atomic E-state index is 12.1. The fourth-order valence-electron chi connectivity index (χ4n) is 2.08. The second-order valence-corrected chi connectivity index (χ2v) is 6.14. The molecule has 1 rings (SSSR count). The summed E-state index contributed by atoms with van der Waals surface area (Å²) in [6.07, 6.45) is 0.927. The third-order valence-electron chi connectivity index (χ3n) is 2.89. The Morgan fingerprint density at radius 2 is 1.89 bits per heavy atom. The highest BCUT2D eigenvalue weighted by atomic mass is 32.2. The predicted octanol–water partition coefficient (Wildman–Crippen LogP) is 0.798. The zero-order valence-electron chi connectivity index (χ0n) is 12.2. The van der Waals surface area contributed by atoms with E-state index in [0.29, 0.717) is 22.8 Å². The highest BCUT2D eigenvalue weighted by Gasteiger charge is 2.23. The average Bonchev–Trinajstić information content (AvgIpc) is 2.60. The second kappa shape index (κ2) is 7.02. The normalized spacial score (nSPS) is 12.0. The second-order valence-electron chi connectivity index (χ2n) is 4.43. The molecule has 1 aromatic rings. The molecule has 0 saturated heterocycles. The van der Waals surface area contributed by atoms with Gasteiger partial charge in [-0.25, -0.2) is 13.1 Å². The molecule has 0 bridgehead atoms. The fourth-order valence-corrected chi connectivity index (χ4v) is 3.53. The predicted molar refractivity (Wildman–Crippen MR) is 75.7 cm³/mol. The van der Waals surface area contributed by atoms with E-state index < -0.39 is 10.0 Å². The van der Waals surface area contributed by atoms with E-state index in [1.54, 1.807) is 25.5 Å². The van der Waals surface area contributed by atoms with Gasteiger partial charge in [0.1, 0.15) is 4.90 Å². The summed E-state index contributed by atoms with van der Waals surface area (Å²) in [5.74, 6) is 0. The molecule has 0 aliphatic heterocycles. The van der Waals surface area contributed by atoms with Crippen molar-refractivity contribution in [1.82, 2.24) is 19.8 Å². The van der Waals surface area contributed by atoms with Gasteiger partial charge in [-0.2, -0.15) is 5.10 Å². The molecule has 7 heteroatoms. The van der Waals surface area contributed by atoms with Gasteiger partial charge < -0.3 is 5.32 Å². The Morgan fingerprint density at radius 3 is 2.47 bits per heavy atom. The van der Waals surface area contributed by atoms with E-state index in [4.69, 9.17) is 0 Å². The van der Waals surface area contributed by atoms with Crippen LogP contribution in [-0.4, -0.2) is 37.8 Å². The topological polar surface area (TPSA) is 76.0 Å². The van der Waals surface area contributed by atoms with Gasteiger partial charge in [0.2, 0.25) is 10.0 Å². The van der Waals surface area contributed by atoms with E-state index in [1.165, 1.54) is 0 Å². The maximum Gasteiger partial charge on any atom is 0.244 e. The summed E-state index contributed by atoms with van der Waals surface area (Å²) in [4.78, 5) is 0.317. The molecular formula is C12H24N4O2S. The number of nitrogens with one attached hydrogen (secondary N) is 2. The summed E-state index contributed by atoms with van der Waals surface area (Å²) in [5, 5.41) is 7.56. The van der Waals surface area contributed by atoms with E-state index in [-0.39, 0.29) is 0 Å². The Bertz CT molecular complexity index is 508. The molecule has 2 N–H and O–H groups in total. The van der Waals surface area contributed by atoms with Crippen LogP contribution in [0.1, 0.15) is 31.7 Å². The molecule has 0 spiro atoms. The van der Waals surface area contributed by atoms with Crippen LogP contribution in [0.5, 0.6) is 0 Å². The van der Waals surface area contributed by atoms with Crippen LogP contribution in [0.3, 0.4) is 0 Å². The van der Waals surface area contributed by atoms with Crippen molar-refractivity contribution in [1.29, 1.82) is 0 Å². The summed E-state index contributed by atoms with van der Waals surface area (Å²) in [6.45, 7) is 10.3. The van der Waals surface area contributed by atoms with Gasteiger partial charge in [-0.1, -0.05) is 13.8 Å². The first-order valence-corrected chi connectivity index (χ1v) is 8.16. The van der Waals surface area contributed by atoms with Gasteiger partial charge in [0, 0.05) is 13.1 Å². The van der Waals surface area contributed by atoms with Crippen molar-refractivity contribution in [3.05, 3.63) is 11.4 Å². The van der Waals surface area contributed by atoms with Crippen LogP contribution in [0.25, 0.3) is 0 Å². The van der Waals surface area contributed by atoms with Gasteiger partial charge in [-0.15, -0.1) is 0 Å². The van der Waals surface area contributed by atoms with E-state index in [9.17, 15) is 8.42 Å². The van der Waals surface area contributed by atoms with E-state index in [1.807, 2.05) is 0 Å². The number of hydrogen-bond acceptors (Lipinski definition) is 4. The number of rotatable bonds is 8. The quantitative estimate of drug-likeness (QED) is 0.694. The summed E-state index contributed by atoms with van der Waals surface area (Å²) >= 11 is 0. The van der Waals surface area contributed by atoms with Crippen LogP contribution < -0.4 is 10.0 Å². The van der Waals surface area contributed by atoms with Crippen LogP contribution in [0.2, 0.25) is 0 Å². The van der Waals surface area contributed by atoms with E-state index in [0.717, 1.165) is 26.1 Å². The van der Waals surface area contributed by atoms with E-state index >= 15 is 0 Å². The van der Waals surface area contributed by atoms with Crippen molar-refractivity contribution in [2.75, 3.05) is 19.6 Å². The van der Waals surface area contributed by atoms with Crippen molar-refractivity contribution in [2.24, 2.45) is 0 Å². The Balaban J connectivity index is 2.89. The van der Waals surface area contributed by atoms with Gasteiger partial charge in [0.05, 0.1) is 11.4 Å². The Kier molecular flexibility index (Phi) is 5.96. The molecule has 19 heavy (non-hydrogen) atoms. The monoisotopic (exact) mass is 288 g/mol. The lowest BCUT2D eigenvalue weighted by Gasteiger charge is -2.07. The molecular weight excluding hydrogens is 264 g/mol. The zero-order valence-corrected chi connectivity index (χ0v) is 13.0. The molecule has 110 valence electrons. The van der Waals surface area contributed by atoms with Gasteiger partial charge in [-0.3, -0.25) is 4.68 Å². The Hall–Kier alpha value is -0.920. The molecule has 1 aromatic heterocycles. The van der Waals surface area contributed by atoms with E-state index in [2.05, 4.69) is 22.1 Å². The molecule has 0 aliphatic carbocycles. The van der Waals surface area contributed by atoms with Crippen LogP contribution in [0.15, 0.2) is 4.90 Å². The molecule has 0 amide bonds. The Morgan fingerprint density at radius 1 is 1.21 bits per heavy atom. The number of aromatic nitrogens is 2. The van der Waals surface area contributed by atoms with Gasteiger partial charge in [0.25, 0.3) is 0 Å². The number of nitrogens with zero attached hydrogens (tertiary/aromatic N) is 2. The summed E-state index contributed by atoms with van der Waals surface area (Å²) in [7, 11) is -3.44. The van der Waals surface area contributed by atoms with Crippen molar-refractivity contribution in [3.63, 3.8) is 0 Å². The summed E-state index contributed by atoms with van der Waals surface area (Å²) in [6, 6.07) is 0. The maximum atomic E-state index is 12.1. The molecule has 0 atom stereocenters. The lowest BCUT2D eigenvalue weighted by Crippen LogP contribution is -2.24. The highest BCUT2D eigenvalue weighted by molar-refractivity contribution is 7.89. The molecule has 0 aromatic carbocycles. The van der Waals surface area contributed by atoms with Gasteiger partial charge in [-0.05, 0) is 33.4 Å². The van der Waals surface area contributed by atoms with Crippen molar-refractivity contribution >= 4 is 10.0 Å². The summed E-state index contributed by atoms with van der Waals surface area (Å²) in [5.41, 5.74) is 1.26. The van der Waals surface area contributed by atoms with Crippen LogP contribution in [0.4, 0.5) is 0 Å². The molecule has 0 radical (unpaired) electrons. The molecule has 0 fully saturated rings. The minimum Gasteiger partial charge on any atom is -0.317 e. The Labute approximate surface area is 115 Å². The molecule has 0 saturated carbocycles. The number of sulfonamides is 1. The minimum absolute atomic E-state index is 0.317. The first kappa shape index (κ1) is 16.1. The van der Waals surface area contributed by atoms with Crippen LogP contribution >= 0.6 is 0 Å². The van der Waals surface area contributed by atoms with Crippen LogP contribution in [0, 0.1) is 13.8 Å². The average molecular weight is 288 g/mol. The standard InChI is InChI=1S/C12H24N4O2S/c1-5-13-8-7-9-16-11(4)12(10(3)15-16)19(17,18)14-6-2/h13-14H,5-9H2,1-4H3. The minimum atomic E-state index is -3.44. The zero-order chi connectivity index (χ0) is 14.5. The smallest absolute Gasteiger partial charge is 0.244 e. The first-order chi connectivity index (χ1) is 8.94. The van der Waals surface area contributed by atoms with Gasteiger partial charge >= 0.3 is 0 Å². The highest BCUT2D eigenvalue weighted by Crippen LogP contribution is 2.19. The lowest BCUT2D eigenvalue weighted by molar-refractivity contribution is 0.536. The largest absolute Gasteiger partial charge is 0.317 e. The van der Waals surface area contributed by atoms with Crippen molar-refractivity contribution in [2.45, 2.75) is 45.6 Å². The number of hydrogen-bond donors (Lipinski definition) is 2. The summed E-state index contributed by atoms with van der Waals surface area (Å²) < 4.78 is 28.5. The van der Waals surface area contributed by atoms with Crippen LogP contribution in [-0.2, 0) is 16.6 Å². The van der Waals surface area contributed by atoms with Gasteiger partial charge in [0.15, 0.2) is 0 Å². The third kappa shape index (κ3) is 4.02. The molecule has 0 unspecified atom stereocenters.